The molecule has 4 rings (SSSR count). The molecule has 2 aromatic rings. The lowest BCUT2D eigenvalue weighted by Crippen LogP contribution is -2.63. The van der Waals surface area contributed by atoms with Gasteiger partial charge in [-0.25, -0.2) is 0 Å². The van der Waals surface area contributed by atoms with E-state index >= 15 is 0 Å². The van der Waals surface area contributed by atoms with Gasteiger partial charge in [-0.05, 0) is 41.5 Å². The lowest BCUT2D eigenvalue weighted by atomic mass is 9.96. The van der Waals surface area contributed by atoms with Crippen molar-refractivity contribution in [3.8, 4) is 5.75 Å². The molecule has 1 amide bonds. The average molecular weight is 717 g/mol. The Morgan fingerprint density at radius 3 is 2.17 bits per heavy atom. The van der Waals surface area contributed by atoms with Crippen LogP contribution in [0.5, 0.6) is 5.75 Å². The molecule has 13 nitrogen and oxygen atoms in total. The van der Waals surface area contributed by atoms with Crippen molar-refractivity contribution in [3.63, 3.8) is 0 Å². The number of hydrogen-bond acceptors (Lipinski definition) is 13. The Kier molecular flexibility index (Phi) is 12.1. The largest absolute Gasteiger partial charge is 0.463 e. The van der Waals surface area contributed by atoms with Crippen LogP contribution in [0.2, 0.25) is 0 Å². The number of carbonyl (C=O) groups is 6. The molecule has 256 valence electrons. The third-order valence-electron chi connectivity index (χ3n) is 7.56. The van der Waals surface area contributed by atoms with E-state index in [0.717, 1.165) is 37.3 Å². The number of fused-ring (bicyclic) bond motifs is 3. The van der Waals surface area contributed by atoms with E-state index in [1.807, 2.05) is 12.3 Å². The molecule has 6 atom stereocenters. The molecule has 3 heterocycles. The minimum atomic E-state index is -1.47. The molecule has 47 heavy (non-hydrogen) atoms. The van der Waals surface area contributed by atoms with Crippen LogP contribution in [0.25, 0.3) is 10.1 Å². The molecule has 1 aromatic heterocycles. The minimum Gasteiger partial charge on any atom is -0.463 e. The van der Waals surface area contributed by atoms with E-state index in [1.165, 1.54) is 18.3 Å². The van der Waals surface area contributed by atoms with Crippen LogP contribution >= 0.6 is 34.5 Å². The van der Waals surface area contributed by atoms with E-state index in [4.69, 9.17) is 51.6 Å². The summed E-state index contributed by atoms with van der Waals surface area (Å²) in [5.41, 5.74) is 2.32. The van der Waals surface area contributed by atoms with E-state index in [0.29, 0.717) is 16.9 Å². The highest BCUT2D eigenvalue weighted by atomic mass is 35.5. The van der Waals surface area contributed by atoms with Gasteiger partial charge in [0.1, 0.15) is 18.5 Å². The Hall–Kier alpha value is -3.46. The fourth-order valence-electron chi connectivity index (χ4n) is 5.77. The molecule has 0 radical (unpaired) electrons. The second-order valence-electron chi connectivity index (χ2n) is 11.2. The monoisotopic (exact) mass is 715 g/mol. The number of carbonyl (C=O) groups excluding carboxylic acids is 6. The van der Waals surface area contributed by atoms with Crippen molar-refractivity contribution in [2.75, 3.05) is 23.9 Å². The Balaban J connectivity index is 1.81. The number of anilines is 1. The fraction of sp³-hybridized carbons (Fsp3) is 0.548. The third kappa shape index (κ3) is 8.53. The van der Waals surface area contributed by atoms with Gasteiger partial charge in [0.15, 0.2) is 12.2 Å². The first-order valence-corrected chi connectivity index (χ1v) is 16.6. The third-order valence-corrected chi connectivity index (χ3v) is 9.23. The van der Waals surface area contributed by atoms with Crippen molar-refractivity contribution in [2.24, 2.45) is 0 Å². The van der Waals surface area contributed by atoms with Crippen molar-refractivity contribution in [3.05, 3.63) is 22.6 Å². The van der Waals surface area contributed by atoms with Gasteiger partial charge in [0.2, 0.25) is 23.5 Å². The van der Waals surface area contributed by atoms with E-state index in [-0.39, 0.29) is 42.7 Å². The number of ether oxygens (including phenoxy) is 6. The lowest BCUT2D eigenvalue weighted by molar-refractivity contribution is -0.288. The van der Waals surface area contributed by atoms with E-state index in [1.54, 1.807) is 11.0 Å². The highest BCUT2D eigenvalue weighted by Gasteiger charge is 2.53. The van der Waals surface area contributed by atoms with Crippen molar-refractivity contribution in [1.29, 1.82) is 0 Å². The molecule has 0 aliphatic carbocycles. The summed E-state index contributed by atoms with van der Waals surface area (Å²) in [5, 5.41) is 2.21. The summed E-state index contributed by atoms with van der Waals surface area (Å²) in [6, 6.07) is 1.67. The van der Waals surface area contributed by atoms with Crippen LogP contribution in [0.15, 0.2) is 11.4 Å². The van der Waals surface area contributed by atoms with E-state index in [2.05, 4.69) is 0 Å². The second kappa shape index (κ2) is 15.6. The van der Waals surface area contributed by atoms with Gasteiger partial charge in [-0.1, -0.05) is 0 Å². The number of nitrogens with zero attached hydrogens (tertiary/aromatic N) is 1. The van der Waals surface area contributed by atoms with Crippen LogP contribution in [0.1, 0.15) is 64.0 Å². The van der Waals surface area contributed by atoms with Gasteiger partial charge in [-0.15, -0.1) is 22.9 Å². The topological polar surface area (TPSA) is 161 Å². The number of rotatable bonds is 12. The van der Waals surface area contributed by atoms with Gasteiger partial charge in [-0.2, -0.15) is 0 Å². The van der Waals surface area contributed by atoms with Crippen molar-refractivity contribution < 1.29 is 57.2 Å². The Morgan fingerprint density at radius 2 is 1.57 bits per heavy atom. The van der Waals surface area contributed by atoms with Gasteiger partial charge in [0.25, 0.3) is 0 Å². The summed E-state index contributed by atoms with van der Waals surface area (Å²) in [4.78, 5) is 74.6. The summed E-state index contributed by atoms with van der Waals surface area (Å²) in [5.74, 6) is -2.89. The number of aryl methyl sites for hydroxylation is 1. The molecule has 0 N–H and O–H groups in total. The highest BCUT2D eigenvalue weighted by Crippen LogP contribution is 2.49. The maximum Gasteiger partial charge on any atom is 0.303 e. The predicted octanol–water partition coefficient (Wildman–Crippen LogP) is 4.28. The van der Waals surface area contributed by atoms with Crippen LogP contribution in [0, 0.1) is 6.92 Å². The quantitative estimate of drug-likeness (QED) is 0.133. The molecular formula is C31H35Cl2NO12S. The SMILES string of the molecule is CC(=O)OC[C@H]1OC(Oc2cc3c(c4c(C)csc24)[C@H](CCl)CN3C(=O)CCCC(=O)Cl)[C@H](OC(C)=O)C(OC(C)=O)[C@H]1OC(C)=O. The molecule has 1 fully saturated rings. The number of halogens is 2. The van der Waals surface area contributed by atoms with Gasteiger partial charge < -0.3 is 33.3 Å². The van der Waals surface area contributed by atoms with Crippen LogP contribution < -0.4 is 9.64 Å². The Bertz CT molecular complexity index is 1560. The zero-order chi connectivity index (χ0) is 34.6. The summed E-state index contributed by atoms with van der Waals surface area (Å²) < 4.78 is 35.0. The smallest absolute Gasteiger partial charge is 0.303 e. The molecule has 16 heteroatoms. The van der Waals surface area contributed by atoms with Crippen LogP contribution in [-0.4, -0.2) is 84.8 Å². The van der Waals surface area contributed by atoms with Crippen molar-refractivity contribution in [1.82, 2.24) is 0 Å². The summed E-state index contributed by atoms with van der Waals surface area (Å²) in [6.45, 7) is 6.38. The standard InChI is InChI=1S/C31H35Cl2NO12S/c1-14-13-47-30-21(9-20-26(25(14)30)19(10-32)11-34(20)24(40)8-6-7-23(33)39)45-31-29(44-18(5)38)28(43-17(4)37)27(42-16(3)36)22(46-31)12-41-15(2)35/h9,13,19,22,27-29,31H,6-8,10-12H2,1-5H3/t19-,22-,27+,28?,29-,31?/m1/s1. The number of benzene rings is 1. The first-order chi connectivity index (χ1) is 22.2. The highest BCUT2D eigenvalue weighted by molar-refractivity contribution is 7.17. The normalized spacial score (nSPS) is 23.5. The number of esters is 4. The minimum absolute atomic E-state index is 0.0485. The fourth-order valence-corrected chi connectivity index (χ4v) is 7.18. The lowest BCUT2D eigenvalue weighted by Gasteiger charge is -2.44. The first-order valence-electron chi connectivity index (χ1n) is 14.8. The second-order valence-corrected chi connectivity index (χ2v) is 12.8. The first kappa shape index (κ1) is 36.4. The number of hydrogen-bond donors (Lipinski definition) is 0. The zero-order valence-electron chi connectivity index (χ0n) is 26.4. The van der Waals surface area contributed by atoms with Gasteiger partial charge >= 0.3 is 23.9 Å². The van der Waals surface area contributed by atoms with Crippen LogP contribution in [0.4, 0.5) is 5.69 Å². The van der Waals surface area contributed by atoms with Crippen molar-refractivity contribution >= 4 is 85.3 Å². The maximum atomic E-state index is 13.4. The number of amides is 1. The van der Waals surface area contributed by atoms with E-state index < -0.39 is 66.4 Å². The van der Waals surface area contributed by atoms with Crippen LogP contribution in [-0.2, 0) is 52.5 Å². The molecule has 0 spiro atoms. The number of alkyl halides is 1. The summed E-state index contributed by atoms with van der Waals surface area (Å²) in [7, 11) is 0. The summed E-state index contributed by atoms with van der Waals surface area (Å²) >= 11 is 13.2. The maximum absolute atomic E-state index is 13.4. The van der Waals surface area contributed by atoms with Gasteiger partial charge in [0, 0.05) is 70.3 Å². The molecule has 1 aromatic carbocycles. The van der Waals surface area contributed by atoms with E-state index in [9.17, 15) is 28.8 Å². The molecule has 2 aliphatic heterocycles. The molecule has 2 aliphatic rings. The summed E-state index contributed by atoms with van der Waals surface area (Å²) in [6.07, 6.45) is -6.49. The number of thiophene rings is 1. The average Bonchev–Trinajstić information content (AvgIpc) is 3.54. The molecule has 1 saturated heterocycles. The predicted molar refractivity (Wildman–Crippen MR) is 170 cm³/mol. The van der Waals surface area contributed by atoms with Gasteiger partial charge in [0.05, 0.1) is 10.4 Å². The van der Waals surface area contributed by atoms with Gasteiger partial charge in [-0.3, -0.25) is 28.8 Å². The van der Waals surface area contributed by atoms with Crippen LogP contribution in [0.3, 0.4) is 0 Å². The molecular weight excluding hydrogens is 681 g/mol. The zero-order valence-corrected chi connectivity index (χ0v) is 28.7. The molecule has 0 bridgehead atoms. The molecule has 2 unspecified atom stereocenters. The Labute approximate surface area is 284 Å². The molecule has 0 saturated carbocycles. The Morgan fingerprint density at radius 1 is 0.936 bits per heavy atom. The van der Waals surface area contributed by atoms with Crippen molar-refractivity contribution in [2.45, 2.75) is 90.5 Å².